The first-order valence-electron chi connectivity index (χ1n) is 7.01. The van der Waals surface area contributed by atoms with Crippen molar-refractivity contribution in [2.45, 2.75) is 6.92 Å². The number of amides is 1. The standard InChI is InChI=1S/C14H17N5OS/c1-2-18-5-7-19(8-6-18)14(20)12-10-21-13(17-12)11-9-15-3-4-16-11/h3-4,9-10H,2,5-8H2,1H3. The van der Waals surface area contributed by atoms with Crippen LogP contribution >= 0.6 is 11.3 Å². The van der Waals surface area contributed by atoms with E-state index in [0.717, 1.165) is 37.7 Å². The van der Waals surface area contributed by atoms with Gasteiger partial charge >= 0.3 is 0 Å². The second-order valence-corrected chi connectivity index (χ2v) is 5.71. The zero-order valence-electron chi connectivity index (χ0n) is 11.9. The molecule has 2 aromatic heterocycles. The maximum absolute atomic E-state index is 12.5. The van der Waals surface area contributed by atoms with E-state index in [-0.39, 0.29) is 5.91 Å². The number of rotatable bonds is 3. The van der Waals surface area contributed by atoms with Crippen LogP contribution < -0.4 is 0 Å². The fourth-order valence-corrected chi connectivity index (χ4v) is 3.08. The number of hydrogen-bond acceptors (Lipinski definition) is 6. The van der Waals surface area contributed by atoms with E-state index in [0.29, 0.717) is 11.4 Å². The quantitative estimate of drug-likeness (QED) is 0.857. The molecule has 1 fully saturated rings. The Morgan fingerprint density at radius 3 is 2.76 bits per heavy atom. The van der Waals surface area contributed by atoms with Crippen LogP contribution in [-0.2, 0) is 0 Å². The highest BCUT2D eigenvalue weighted by Crippen LogP contribution is 2.21. The van der Waals surface area contributed by atoms with Gasteiger partial charge < -0.3 is 9.80 Å². The number of likely N-dealkylation sites (N-methyl/N-ethyl adjacent to an activating group) is 1. The van der Waals surface area contributed by atoms with Gasteiger partial charge in [-0.2, -0.15) is 0 Å². The van der Waals surface area contributed by atoms with Gasteiger partial charge in [-0.25, -0.2) is 4.98 Å². The minimum Gasteiger partial charge on any atom is -0.335 e. The van der Waals surface area contributed by atoms with Gasteiger partial charge in [-0.3, -0.25) is 14.8 Å². The Labute approximate surface area is 127 Å². The molecule has 1 aliphatic heterocycles. The molecule has 0 saturated carbocycles. The molecule has 6 nitrogen and oxygen atoms in total. The molecule has 0 unspecified atom stereocenters. The minimum absolute atomic E-state index is 0.0112. The van der Waals surface area contributed by atoms with Gasteiger partial charge in [0.2, 0.25) is 0 Å². The molecule has 0 aliphatic carbocycles. The van der Waals surface area contributed by atoms with Gasteiger partial charge in [0, 0.05) is 44.0 Å². The number of thiazole rings is 1. The lowest BCUT2D eigenvalue weighted by Crippen LogP contribution is -2.48. The van der Waals surface area contributed by atoms with Crippen molar-refractivity contribution in [3.8, 4) is 10.7 Å². The second kappa shape index (κ2) is 6.28. The van der Waals surface area contributed by atoms with E-state index < -0.39 is 0 Å². The van der Waals surface area contributed by atoms with Crippen molar-refractivity contribution in [3.05, 3.63) is 29.7 Å². The summed E-state index contributed by atoms with van der Waals surface area (Å²) in [5.41, 5.74) is 1.21. The lowest BCUT2D eigenvalue weighted by atomic mass is 10.3. The predicted molar refractivity (Wildman–Crippen MR) is 81.2 cm³/mol. The summed E-state index contributed by atoms with van der Waals surface area (Å²) < 4.78 is 0. The van der Waals surface area contributed by atoms with Gasteiger partial charge in [-0.05, 0) is 6.54 Å². The maximum atomic E-state index is 12.5. The van der Waals surface area contributed by atoms with E-state index in [1.54, 1.807) is 24.0 Å². The van der Waals surface area contributed by atoms with E-state index in [1.807, 2.05) is 4.90 Å². The highest BCUT2D eigenvalue weighted by atomic mass is 32.1. The molecule has 1 amide bonds. The molecule has 0 spiro atoms. The molecule has 0 atom stereocenters. The average Bonchev–Trinajstić information content (AvgIpc) is 3.05. The molecule has 1 aliphatic rings. The van der Waals surface area contributed by atoms with Crippen LogP contribution in [0.5, 0.6) is 0 Å². The Morgan fingerprint density at radius 1 is 1.29 bits per heavy atom. The fraction of sp³-hybridized carbons (Fsp3) is 0.429. The van der Waals surface area contributed by atoms with E-state index in [2.05, 4.69) is 26.8 Å². The summed E-state index contributed by atoms with van der Waals surface area (Å²) in [6.45, 7) is 6.59. The summed E-state index contributed by atoms with van der Waals surface area (Å²) in [5.74, 6) is 0.0112. The first-order chi connectivity index (χ1) is 10.3. The summed E-state index contributed by atoms with van der Waals surface area (Å²) in [4.78, 5) is 29.3. The van der Waals surface area contributed by atoms with Gasteiger partial charge in [0.05, 0.1) is 6.20 Å². The third-order valence-electron chi connectivity index (χ3n) is 3.61. The first kappa shape index (κ1) is 14.1. The maximum Gasteiger partial charge on any atom is 0.273 e. The van der Waals surface area contributed by atoms with E-state index in [4.69, 9.17) is 0 Å². The van der Waals surface area contributed by atoms with Gasteiger partial charge in [-0.1, -0.05) is 6.92 Å². The minimum atomic E-state index is 0.0112. The van der Waals surface area contributed by atoms with E-state index >= 15 is 0 Å². The number of nitrogens with zero attached hydrogens (tertiary/aromatic N) is 5. The molecule has 110 valence electrons. The fourth-order valence-electron chi connectivity index (χ4n) is 2.33. The average molecular weight is 303 g/mol. The third kappa shape index (κ3) is 3.08. The van der Waals surface area contributed by atoms with E-state index in [9.17, 15) is 4.79 Å². The lowest BCUT2D eigenvalue weighted by Gasteiger charge is -2.33. The third-order valence-corrected chi connectivity index (χ3v) is 4.48. The molecule has 0 aromatic carbocycles. The van der Waals surface area contributed by atoms with Gasteiger partial charge in [0.15, 0.2) is 0 Å². The van der Waals surface area contributed by atoms with Crippen molar-refractivity contribution < 1.29 is 4.79 Å². The number of hydrogen-bond donors (Lipinski definition) is 0. The van der Waals surface area contributed by atoms with Gasteiger partial charge in [-0.15, -0.1) is 11.3 Å². The lowest BCUT2D eigenvalue weighted by molar-refractivity contribution is 0.0638. The van der Waals surface area contributed by atoms with Crippen molar-refractivity contribution in [3.63, 3.8) is 0 Å². The van der Waals surface area contributed by atoms with Crippen molar-refractivity contribution in [2.24, 2.45) is 0 Å². The number of carbonyl (C=O) groups is 1. The summed E-state index contributed by atoms with van der Waals surface area (Å²) >= 11 is 1.43. The van der Waals surface area contributed by atoms with Crippen molar-refractivity contribution in [2.75, 3.05) is 32.7 Å². The summed E-state index contributed by atoms with van der Waals surface area (Å²) in [7, 11) is 0. The predicted octanol–water partition coefficient (Wildman–Crippen LogP) is 1.38. The number of aromatic nitrogens is 3. The number of piperazine rings is 1. The molecule has 3 heterocycles. The Morgan fingerprint density at radius 2 is 2.10 bits per heavy atom. The molecule has 1 saturated heterocycles. The van der Waals surface area contributed by atoms with Gasteiger partial charge in [0.25, 0.3) is 5.91 Å². The summed E-state index contributed by atoms with van der Waals surface area (Å²) in [6, 6.07) is 0. The normalized spacial score (nSPS) is 16.1. The molecule has 2 aromatic rings. The van der Waals surface area contributed by atoms with Crippen LogP contribution in [0.2, 0.25) is 0 Å². The zero-order chi connectivity index (χ0) is 14.7. The van der Waals surface area contributed by atoms with Gasteiger partial charge in [0.1, 0.15) is 16.4 Å². The second-order valence-electron chi connectivity index (χ2n) is 4.86. The Hall–Kier alpha value is -1.86. The number of carbonyl (C=O) groups excluding carboxylic acids is 1. The van der Waals surface area contributed by atoms with Crippen LogP contribution in [0.1, 0.15) is 17.4 Å². The Bertz CT molecular complexity index is 607. The van der Waals surface area contributed by atoms with Crippen LogP contribution in [0.3, 0.4) is 0 Å². The highest BCUT2D eigenvalue weighted by molar-refractivity contribution is 7.13. The molecule has 0 N–H and O–H groups in total. The molecule has 7 heteroatoms. The molecular weight excluding hydrogens is 286 g/mol. The Kier molecular flexibility index (Phi) is 4.21. The molecular formula is C14H17N5OS. The summed E-state index contributed by atoms with van der Waals surface area (Å²) in [6.07, 6.45) is 4.91. The first-order valence-corrected chi connectivity index (χ1v) is 7.89. The summed E-state index contributed by atoms with van der Waals surface area (Å²) in [5, 5.41) is 2.54. The molecule has 21 heavy (non-hydrogen) atoms. The zero-order valence-corrected chi connectivity index (χ0v) is 12.7. The van der Waals surface area contributed by atoms with Crippen molar-refractivity contribution in [1.82, 2.24) is 24.8 Å². The van der Waals surface area contributed by atoms with Crippen LogP contribution in [0, 0.1) is 0 Å². The SMILES string of the molecule is CCN1CCN(C(=O)c2csc(-c3cnccn3)n2)CC1. The molecule has 3 rings (SSSR count). The highest BCUT2D eigenvalue weighted by Gasteiger charge is 2.23. The molecule has 0 bridgehead atoms. The van der Waals surface area contributed by atoms with E-state index in [1.165, 1.54) is 11.3 Å². The largest absolute Gasteiger partial charge is 0.335 e. The van der Waals surface area contributed by atoms with Crippen LogP contribution in [-0.4, -0.2) is 63.4 Å². The van der Waals surface area contributed by atoms with Crippen LogP contribution in [0.15, 0.2) is 24.0 Å². The van der Waals surface area contributed by atoms with Crippen LogP contribution in [0.25, 0.3) is 10.7 Å². The topological polar surface area (TPSA) is 62.2 Å². The monoisotopic (exact) mass is 303 g/mol. The van der Waals surface area contributed by atoms with Crippen molar-refractivity contribution in [1.29, 1.82) is 0 Å². The molecule has 0 radical (unpaired) electrons. The smallest absolute Gasteiger partial charge is 0.273 e. The Balaban J connectivity index is 1.70. The van der Waals surface area contributed by atoms with Crippen LogP contribution in [0.4, 0.5) is 0 Å². The van der Waals surface area contributed by atoms with Crippen molar-refractivity contribution >= 4 is 17.2 Å².